The zero-order chi connectivity index (χ0) is 18.1. The van der Waals surface area contributed by atoms with Crippen LogP contribution >= 0.6 is 0 Å². The van der Waals surface area contributed by atoms with Crippen molar-refractivity contribution in [3.05, 3.63) is 29.2 Å². The van der Waals surface area contributed by atoms with Crippen LogP contribution in [0.15, 0.2) is 12.4 Å². The van der Waals surface area contributed by atoms with Gasteiger partial charge in [0.05, 0.1) is 0 Å². The molecular formula is C17H21N7O2. The Morgan fingerprint density at radius 3 is 2.23 bits per heavy atom. The van der Waals surface area contributed by atoms with Crippen LogP contribution in [0, 0.1) is 0 Å². The molecule has 2 aliphatic rings. The Labute approximate surface area is 150 Å². The Kier molecular flexibility index (Phi) is 4.27. The Bertz CT molecular complexity index is 834. The Balaban J connectivity index is 1.44. The predicted octanol–water partition coefficient (Wildman–Crippen LogP) is 0.752. The third-order valence-corrected chi connectivity index (χ3v) is 4.93. The van der Waals surface area contributed by atoms with Crippen molar-refractivity contribution in [1.29, 1.82) is 0 Å². The molecule has 1 aliphatic heterocycles. The molecule has 3 heterocycles. The first kappa shape index (κ1) is 16.5. The molecule has 2 aromatic heterocycles. The third kappa shape index (κ3) is 3.12. The number of fused-ring (bicyclic) bond motifs is 1. The smallest absolute Gasteiger partial charge is 0.341 e. The van der Waals surface area contributed by atoms with E-state index in [0.717, 1.165) is 31.9 Å². The van der Waals surface area contributed by atoms with Crippen molar-refractivity contribution >= 4 is 23.7 Å². The SMILES string of the molecule is Nc1nc(N2CCN(c3ncc4c(n3)CCCC4)CC2)ncc1C(=O)O. The summed E-state index contributed by atoms with van der Waals surface area (Å²) >= 11 is 0. The van der Waals surface area contributed by atoms with Gasteiger partial charge in [0.15, 0.2) is 0 Å². The first-order chi connectivity index (χ1) is 12.6. The van der Waals surface area contributed by atoms with Gasteiger partial charge in [-0.3, -0.25) is 0 Å². The molecule has 0 spiro atoms. The lowest BCUT2D eigenvalue weighted by atomic mass is 9.98. The summed E-state index contributed by atoms with van der Waals surface area (Å²) in [5.41, 5.74) is 8.11. The van der Waals surface area contributed by atoms with Gasteiger partial charge in [-0.25, -0.2) is 19.7 Å². The summed E-state index contributed by atoms with van der Waals surface area (Å²) in [7, 11) is 0. The zero-order valence-electron chi connectivity index (χ0n) is 14.4. The molecule has 0 unspecified atom stereocenters. The van der Waals surface area contributed by atoms with E-state index in [0.29, 0.717) is 19.0 Å². The van der Waals surface area contributed by atoms with Gasteiger partial charge in [0.2, 0.25) is 11.9 Å². The van der Waals surface area contributed by atoms with Crippen LogP contribution < -0.4 is 15.5 Å². The molecule has 0 amide bonds. The van der Waals surface area contributed by atoms with E-state index < -0.39 is 5.97 Å². The second-order valence-electron chi connectivity index (χ2n) is 6.60. The minimum absolute atomic E-state index is 0.0112. The second kappa shape index (κ2) is 6.74. The van der Waals surface area contributed by atoms with Crippen LogP contribution in [-0.2, 0) is 12.8 Å². The number of nitrogen functional groups attached to an aromatic ring is 1. The molecule has 3 N–H and O–H groups in total. The number of aryl methyl sites for hydroxylation is 2. The van der Waals surface area contributed by atoms with Gasteiger partial charge in [0.1, 0.15) is 11.4 Å². The Morgan fingerprint density at radius 2 is 1.58 bits per heavy atom. The topological polar surface area (TPSA) is 121 Å². The Hall–Kier alpha value is -2.97. The standard InChI is InChI=1S/C17H21N7O2/c18-14-12(15(25)26)10-20-17(22-14)24-7-5-23(6-8-24)16-19-9-11-3-1-2-4-13(11)21-16/h9-10H,1-8H2,(H,25,26)(H2,18,20,22). The van der Waals surface area contributed by atoms with Gasteiger partial charge in [-0.05, 0) is 31.2 Å². The maximum atomic E-state index is 11.0. The molecule has 2 aromatic rings. The number of carboxylic acid groups (broad SMARTS) is 1. The summed E-state index contributed by atoms with van der Waals surface area (Å²) in [6, 6.07) is 0. The lowest BCUT2D eigenvalue weighted by Gasteiger charge is -2.35. The molecular weight excluding hydrogens is 334 g/mol. The average molecular weight is 355 g/mol. The largest absolute Gasteiger partial charge is 0.477 e. The lowest BCUT2D eigenvalue weighted by Crippen LogP contribution is -2.47. The molecule has 136 valence electrons. The maximum Gasteiger partial charge on any atom is 0.341 e. The van der Waals surface area contributed by atoms with Gasteiger partial charge >= 0.3 is 5.97 Å². The van der Waals surface area contributed by atoms with Crippen LogP contribution in [0.25, 0.3) is 0 Å². The summed E-state index contributed by atoms with van der Waals surface area (Å²) in [6.07, 6.45) is 7.76. The first-order valence-electron chi connectivity index (χ1n) is 8.82. The molecule has 1 fully saturated rings. The van der Waals surface area contributed by atoms with Crippen molar-refractivity contribution in [2.45, 2.75) is 25.7 Å². The minimum Gasteiger partial charge on any atom is -0.477 e. The molecule has 1 saturated heterocycles. The molecule has 0 radical (unpaired) electrons. The Morgan fingerprint density at radius 1 is 0.962 bits per heavy atom. The number of piperazine rings is 1. The van der Waals surface area contributed by atoms with Crippen molar-refractivity contribution < 1.29 is 9.90 Å². The predicted molar refractivity (Wildman–Crippen MR) is 96.5 cm³/mol. The highest BCUT2D eigenvalue weighted by Crippen LogP contribution is 2.22. The van der Waals surface area contributed by atoms with Crippen LogP contribution in [0.3, 0.4) is 0 Å². The van der Waals surface area contributed by atoms with E-state index in [1.54, 1.807) is 0 Å². The molecule has 26 heavy (non-hydrogen) atoms. The monoisotopic (exact) mass is 355 g/mol. The van der Waals surface area contributed by atoms with Crippen LogP contribution in [-0.4, -0.2) is 57.2 Å². The quantitative estimate of drug-likeness (QED) is 0.821. The van der Waals surface area contributed by atoms with Crippen LogP contribution in [0.5, 0.6) is 0 Å². The summed E-state index contributed by atoms with van der Waals surface area (Å²) in [5.74, 6) is 0.108. The van der Waals surface area contributed by atoms with Crippen molar-refractivity contribution in [3.63, 3.8) is 0 Å². The molecule has 9 nitrogen and oxygen atoms in total. The van der Waals surface area contributed by atoms with Crippen molar-refractivity contribution in [1.82, 2.24) is 19.9 Å². The van der Waals surface area contributed by atoms with Crippen LogP contribution in [0.4, 0.5) is 17.7 Å². The molecule has 0 saturated carbocycles. The van der Waals surface area contributed by atoms with E-state index in [9.17, 15) is 4.79 Å². The van der Waals surface area contributed by atoms with Gasteiger partial charge in [0, 0.05) is 44.3 Å². The van der Waals surface area contributed by atoms with Gasteiger partial charge in [-0.15, -0.1) is 0 Å². The first-order valence-corrected chi connectivity index (χ1v) is 8.82. The number of hydrogen-bond donors (Lipinski definition) is 2. The van der Waals surface area contributed by atoms with E-state index in [-0.39, 0.29) is 11.4 Å². The molecule has 0 atom stereocenters. The summed E-state index contributed by atoms with van der Waals surface area (Å²) in [5, 5.41) is 9.02. The van der Waals surface area contributed by atoms with E-state index in [4.69, 9.17) is 15.8 Å². The molecule has 9 heteroatoms. The van der Waals surface area contributed by atoms with E-state index >= 15 is 0 Å². The number of anilines is 3. The minimum atomic E-state index is -1.12. The number of carbonyl (C=O) groups is 1. The number of carboxylic acids is 1. The molecule has 4 rings (SSSR count). The summed E-state index contributed by atoms with van der Waals surface area (Å²) < 4.78 is 0. The van der Waals surface area contributed by atoms with Crippen LogP contribution in [0.2, 0.25) is 0 Å². The van der Waals surface area contributed by atoms with Gasteiger partial charge < -0.3 is 20.6 Å². The van der Waals surface area contributed by atoms with E-state index in [2.05, 4.69) is 19.9 Å². The van der Waals surface area contributed by atoms with Crippen molar-refractivity contribution in [3.8, 4) is 0 Å². The van der Waals surface area contributed by atoms with E-state index in [1.165, 1.54) is 30.3 Å². The number of aromatic carboxylic acids is 1. The highest BCUT2D eigenvalue weighted by atomic mass is 16.4. The number of aromatic nitrogens is 4. The fourth-order valence-electron chi connectivity index (χ4n) is 3.43. The highest BCUT2D eigenvalue weighted by Gasteiger charge is 2.23. The summed E-state index contributed by atoms with van der Waals surface area (Å²) in [6.45, 7) is 2.91. The third-order valence-electron chi connectivity index (χ3n) is 4.93. The summed E-state index contributed by atoms with van der Waals surface area (Å²) in [4.78, 5) is 32.8. The fraction of sp³-hybridized carbons (Fsp3) is 0.471. The zero-order valence-corrected chi connectivity index (χ0v) is 14.4. The number of rotatable bonds is 3. The normalized spacial score (nSPS) is 17.1. The van der Waals surface area contributed by atoms with Crippen molar-refractivity contribution in [2.75, 3.05) is 41.7 Å². The molecule has 0 bridgehead atoms. The average Bonchev–Trinajstić information content (AvgIpc) is 2.67. The number of hydrogen-bond acceptors (Lipinski definition) is 8. The van der Waals surface area contributed by atoms with E-state index in [1.807, 2.05) is 11.1 Å². The van der Waals surface area contributed by atoms with Crippen molar-refractivity contribution in [2.24, 2.45) is 0 Å². The van der Waals surface area contributed by atoms with Gasteiger partial charge in [-0.2, -0.15) is 4.98 Å². The van der Waals surface area contributed by atoms with Crippen LogP contribution in [0.1, 0.15) is 34.5 Å². The highest BCUT2D eigenvalue weighted by molar-refractivity contribution is 5.92. The fourth-order valence-corrected chi connectivity index (χ4v) is 3.43. The number of nitrogens with two attached hydrogens (primary N) is 1. The molecule has 1 aliphatic carbocycles. The maximum absolute atomic E-state index is 11.0. The number of nitrogens with zero attached hydrogens (tertiary/aromatic N) is 6. The lowest BCUT2D eigenvalue weighted by molar-refractivity contribution is 0.0697. The van der Waals surface area contributed by atoms with Gasteiger partial charge in [0.25, 0.3) is 0 Å². The molecule has 0 aromatic carbocycles. The van der Waals surface area contributed by atoms with Gasteiger partial charge in [-0.1, -0.05) is 0 Å². The second-order valence-corrected chi connectivity index (χ2v) is 6.60.